The highest BCUT2D eigenvalue weighted by molar-refractivity contribution is 6.30. The fourth-order valence-electron chi connectivity index (χ4n) is 11.3. The minimum absolute atomic E-state index is 0.00233. The molecule has 0 saturated carbocycles. The molecule has 3 unspecified atom stereocenters. The third kappa shape index (κ3) is 25.1. The molecular formula is C68H91ClN16O15. The molecule has 2 aliphatic heterocycles. The number of halogens is 1. The standard InChI is InChI=1S/C68H91ClN16O15/c1-37(2)30-49(61(94)79-48(13-8-27-75-68(71)72)67(100)85-29-9-14-55(85)66(99)76-38(3)58(70)91)80-63(96)52(34-42-15-20-43-10-5-6-11-44(43)31-42)82-62(95)51(33-41-18-23-46(88)24-19-41)83-65(98)54(36-86)84-60(93)47-12-7-26-74-59(92)50(32-40-16-21-45(69)22-17-40)81-64(97)53(77-39(4)87)35-57(90)73-28-25-56(89)78-47/h5-6,10-11,15-24,31,37-38,47-55,86,88H,7-9,12-14,25-30,32-36H2,1-4H3,(H2,70,91)(H,73,90)(H,74,92)(H,76,99)(H,77,87)(H,78,89)(H,79,94)(H,80,96)(H,81,97)(H,82,95)(H,83,98)(H,84,93)(H4,71,72,75)/t38?,47-,48+,49-,50-,51+,52?,53?,54+,55-/m1/s1. The molecule has 0 radical (unpaired) electrons. The molecule has 13 amide bonds. The van der Waals surface area contributed by atoms with Gasteiger partial charge < -0.3 is 90.8 Å². The van der Waals surface area contributed by atoms with Crippen molar-refractivity contribution in [1.29, 1.82) is 0 Å². The number of nitrogens with two attached hydrogens (primary N) is 3. The molecule has 0 aromatic heterocycles. The van der Waals surface area contributed by atoms with Crippen LogP contribution in [0.2, 0.25) is 5.02 Å². The summed E-state index contributed by atoms with van der Waals surface area (Å²) in [6.45, 7) is 4.83. The zero-order chi connectivity index (χ0) is 73.2. The van der Waals surface area contributed by atoms with E-state index in [1.165, 1.54) is 36.1 Å². The van der Waals surface area contributed by atoms with Crippen molar-refractivity contribution in [3.63, 3.8) is 0 Å². The Labute approximate surface area is 583 Å². The average Bonchev–Trinajstić information content (AvgIpc) is 1.51. The topological polar surface area (TPSA) is 488 Å². The number of guanidine groups is 1. The summed E-state index contributed by atoms with van der Waals surface area (Å²) in [6.07, 6.45) is -0.901. The van der Waals surface area contributed by atoms with Crippen LogP contribution < -0.4 is 75.7 Å². The Bertz CT molecular complexity index is 3610. The van der Waals surface area contributed by atoms with E-state index in [1.54, 1.807) is 50.2 Å². The lowest BCUT2D eigenvalue weighted by Gasteiger charge is -2.31. The van der Waals surface area contributed by atoms with Gasteiger partial charge in [-0.25, -0.2) is 0 Å². The van der Waals surface area contributed by atoms with Gasteiger partial charge in [0, 0.05) is 63.8 Å². The number of amides is 13. The lowest BCUT2D eigenvalue weighted by atomic mass is 9.98. The number of hydrogen-bond acceptors (Lipinski definition) is 16. The number of rotatable bonds is 28. The maximum atomic E-state index is 15.1. The number of hydrogen-bond donors (Lipinski definition) is 16. The van der Waals surface area contributed by atoms with Crippen molar-refractivity contribution >= 4 is 105 Å². The van der Waals surface area contributed by atoms with Crippen molar-refractivity contribution in [3.8, 4) is 5.75 Å². The van der Waals surface area contributed by atoms with Crippen molar-refractivity contribution < 1.29 is 72.5 Å². The van der Waals surface area contributed by atoms with Crippen LogP contribution in [0.15, 0.2) is 96.0 Å². The first-order valence-electron chi connectivity index (χ1n) is 33.1. The molecule has 540 valence electrons. The van der Waals surface area contributed by atoms with Crippen molar-refractivity contribution in [1.82, 2.24) is 63.4 Å². The van der Waals surface area contributed by atoms with Crippen LogP contribution in [0.25, 0.3) is 10.8 Å². The molecule has 0 aliphatic carbocycles. The van der Waals surface area contributed by atoms with Crippen LogP contribution in [0.4, 0.5) is 0 Å². The first-order valence-corrected chi connectivity index (χ1v) is 33.4. The molecule has 10 atom stereocenters. The number of aromatic hydroxyl groups is 1. The fourth-order valence-corrected chi connectivity index (χ4v) is 11.5. The number of carbonyl (C=O) groups excluding carboxylic acids is 13. The fraction of sp³-hybridized carbons (Fsp3) is 0.471. The van der Waals surface area contributed by atoms with E-state index in [1.807, 2.05) is 30.3 Å². The van der Waals surface area contributed by atoms with Crippen LogP contribution in [0.5, 0.6) is 5.75 Å². The van der Waals surface area contributed by atoms with Crippen LogP contribution in [0.3, 0.4) is 0 Å². The highest BCUT2D eigenvalue weighted by Gasteiger charge is 2.40. The predicted octanol–water partition coefficient (Wildman–Crippen LogP) is -2.00. The van der Waals surface area contributed by atoms with E-state index < -0.39 is 157 Å². The second-order valence-electron chi connectivity index (χ2n) is 25.1. The Morgan fingerprint density at radius 3 is 1.90 bits per heavy atom. The summed E-state index contributed by atoms with van der Waals surface area (Å²) < 4.78 is 0. The number of nitrogens with one attached hydrogen (secondary N) is 11. The third-order valence-electron chi connectivity index (χ3n) is 16.6. The van der Waals surface area contributed by atoms with E-state index in [2.05, 4.69) is 63.5 Å². The van der Waals surface area contributed by atoms with Gasteiger partial charge in [0.05, 0.1) is 13.0 Å². The van der Waals surface area contributed by atoms with Crippen molar-refractivity contribution in [2.24, 2.45) is 28.1 Å². The largest absolute Gasteiger partial charge is 0.508 e. The minimum atomic E-state index is -1.82. The molecule has 2 heterocycles. The summed E-state index contributed by atoms with van der Waals surface area (Å²) in [6, 6.07) is 11.0. The Morgan fingerprint density at radius 2 is 1.26 bits per heavy atom. The maximum absolute atomic E-state index is 15.1. The molecule has 19 N–H and O–H groups in total. The number of aliphatic hydroxyl groups excluding tert-OH is 1. The molecule has 0 bridgehead atoms. The number of nitrogens with zero attached hydrogens (tertiary/aromatic N) is 2. The van der Waals surface area contributed by atoms with Crippen LogP contribution in [0, 0.1) is 5.92 Å². The number of aliphatic hydroxyl groups is 1. The lowest BCUT2D eigenvalue weighted by molar-refractivity contribution is -0.142. The van der Waals surface area contributed by atoms with Gasteiger partial charge >= 0.3 is 0 Å². The van der Waals surface area contributed by atoms with Gasteiger partial charge in [0.25, 0.3) is 0 Å². The number of fused-ring (bicyclic) bond motifs is 1. The number of aliphatic imine (C=N–C) groups is 1. The minimum Gasteiger partial charge on any atom is -0.508 e. The summed E-state index contributed by atoms with van der Waals surface area (Å²) in [5.74, 6) is -11.1. The Hall–Kier alpha value is -10.4. The van der Waals surface area contributed by atoms with E-state index in [0.29, 0.717) is 28.1 Å². The summed E-state index contributed by atoms with van der Waals surface area (Å²) in [5.41, 5.74) is 18.1. The van der Waals surface area contributed by atoms with Gasteiger partial charge in [-0.2, -0.15) is 0 Å². The van der Waals surface area contributed by atoms with E-state index in [4.69, 9.17) is 28.8 Å². The SMILES string of the molecule is CC(=O)NC1CC(=O)NCCC(=O)N[C@@H](C(=O)N[C@@H](CO)C(=O)N[C@@H](Cc2ccc(O)cc2)C(=O)NC(Cc2ccc3ccccc3c2)C(=O)N[C@H](CC(C)C)C(=O)N[C@@H](CCCN=C(N)N)C(=O)N2CCC[C@@H]2C(=O)NC(C)C(N)=O)CCCNC(=O)[C@@H](Cc2ccc(Cl)cc2)NC1=O. The van der Waals surface area contributed by atoms with Gasteiger partial charge in [-0.15, -0.1) is 0 Å². The van der Waals surface area contributed by atoms with Crippen molar-refractivity contribution in [3.05, 3.63) is 113 Å². The monoisotopic (exact) mass is 1410 g/mol. The number of benzene rings is 4. The normalized spacial score (nSPS) is 18.8. The molecule has 6 rings (SSSR count). The molecular weight excluding hydrogens is 1320 g/mol. The smallest absolute Gasteiger partial charge is 0.245 e. The molecule has 32 heteroatoms. The summed E-state index contributed by atoms with van der Waals surface area (Å²) in [4.78, 5) is 185. The van der Waals surface area contributed by atoms with Gasteiger partial charge in [-0.1, -0.05) is 92.2 Å². The van der Waals surface area contributed by atoms with Gasteiger partial charge in [-0.3, -0.25) is 67.3 Å². The highest BCUT2D eigenvalue weighted by atomic mass is 35.5. The van der Waals surface area contributed by atoms with E-state index in [-0.39, 0.29) is 102 Å². The summed E-state index contributed by atoms with van der Waals surface area (Å²) in [7, 11) is 0. The summed E-state index contributed by atoms with van der Waals surface area (Å²) >= 11 is 6.09. The Morgan fingerprint density at radius 1 is 0.650 bits per heavy atom. The predicted molar refractivity (Wildman–Crippen MR) is 368 cm³/mol. The second-order valence-corrected chi connectivity index (χ2v) is 25.6. The maximum Gasteiger partial charge on any atom is 0.245 e. The van der Waals surface area contributed by atoms with Gasteiger partial charge in [-0.05, 0) is 110 Å². The molecule has 4 aromatic rings. The average molecular weight is 1410 g/mol. The number of carbonyl (C=O) groups is 13. The van der Waals surface area contributed by atoms with Crippen molar-refractivity contribution in [2.45, 2.75) is 165 Å². The molecule has 2 fully saturated rings. The highest BCUT2D eigenvalue weighted by Crippen LogP contribution is 2.22. The van der Waals surface area contributed by atoms with Crippen molar-refractivity contribution in [2.75, 3.05) is 32.8 Å². The zero-order valence-corrected chi connectivity index (χ0v) is 57.0. The Kier molecular flexibility index (Phi) is 30.4. The van der Waals surface area contributed by atoms with Gasteiger partial charge in [0.1, 0.15) is 66.2 Å². The van der Waals surface area contributed by atoms with Gasteiger partial charge in [0.2, 0.25) is 76.8 Å². The van der Waals surface area contributed by atoms with E-state index in [0.717, 1.165) is 17.7 Å². The molecule has 2 aliphatic rings. The number of phenols is 1. The third-order valence-corrected chi connectivity index (χ3v) is 16.9. The van der Waals surface area contributed by atoms with Gasteiger partial charge in [0.15, 0.2) is 5.96 Å². The Balaban J connectivity index is 1.25. The van der Waals surface area contributed by atoms with Crippen LogP contribution in [0.1, 0.15) is 102 Å². The van der Waals surface area contributed by atoms with Crippen LogP contribution in [-0.4, -0.2) is 191 Å². The quantitative estimate of drug-likeness (QED) is 0.0166. The van der Waals surface area contributed by atoms with E-state index in [9.17, 15) is 63.0 Å². The number of primary amides is 1. The molecule has 2 saturated heterocycles. The molecule has 0 spiro atoms. The number of likely N-dealkylation sites (tertiary alicyclic amines) is 1. The van der Waals surface area contributed by atoms with Crippen LogP contribution in [-0.2, 0) is 81.6 Å². The number of phenolic OH excluding ortho intramolecular Hbond substituents is 1. The summed E-state index contributed by atoms with van der Waals surface area (Å²) in [5, 5.41) is 51.8. The van der Waals surface area contributed by atoms with Crippen LogP contribution >= 0.6 is 11.6 Å². The first-order chi connectivity index (χ1) is 47.6. The molecule has 4 aromatic carbocycles. The first kappa shape index (κ1) is 78.6. The zero-order valence-electron chi connectivity index (χ0n) is 56.2. The molecule has 100 heavy (non-hydrogen) atoms. The van der Waals surface area contributed by atoms with E-state index >= 15 is 9.59 Å². The second kappa shape index (κ2) is 38.6. The molecule has 31 nitrogen and oxygen atoms in total. The lowest BCUT2D eigenvalue weighted by Crippen LogP contribution is -2.61.